The molecule has 24 nitrogen and oxygen atoms in total. The second-order valence-electron chi connectivity index (χ2n) is 22.2. The molecule has 8 aromatic heterocycles. The summed E-state index contributed by atoms with van der Waals surface area (Å²) in [6.45, 7) is 16.2. The normalized spacial score (nSPS) is 16.5. The van der Waals surface area contributed by atoms with Crippen LogP contribution in [0.2, 0.25) is 5.15 Å². The number of hydrogen-bond donors (Lipinski definition) is 4. The lowest BCUT2D eigenvalue weighted by atomic mass is 10.2. The van der Waals surface area contributed by atoms with Crippen molar-refractivity contribution in [3.8, 4) is 0 Å². The summed E-state index contributed by atoms with van der Waals surface area (Å²) in [5, 5.41) is 23.7. The smallest absolute Gasteiger partial charge is 0.410 e. The molecule has 79 heavy (non-hydrogen) atoms. The maximum absolute atomic E-state index is 12.8. The predicted molar refractivity (Wildman–Crippen MR) is 303 cm³/mol. The molecule has 4 fully saturated rings. The minimum absolute atomic E-state index is 0.0778. The van der Waals surface area contributed by atoms with Crippen molar-refractivity contribution in [3.05, 3.63) is 87.0 Å². The number of amides is 2. The Balaban J connectivity index is 0.000000148. The third-order valence-electron chi connectivity index (χ3n) is 14.3. The van der Waals surface area contributed by atoms with E-state index in [0.717, 1.165) is 83.0 Å². The molecule has 4 aliphatic rings. The van der Waals surface area contributed by atoms with Crippen LogP contribution < -0.4 is 32.0 Å². The van der Waals surface area contributed by atoms with Crippen LogP contribution in [0.1, 0.15) is 105 Å². The summed E-state index contributed by atoms with van der Waals surface area (Å²) in [5.74, 6) is 2.68. The molecule has 2 saturated carbocycles. The van der Waals surface area contributed by atoms with Crippen molar-refractivity contribution in [1.29, 1.82) is 0 Å². The summed E-state index contributed by atoms with van der Waals surface area (Å²) < 4.78 is 15.0. The number of rotatable bonds is 6. The van der Waals surface area contributed by atoms with E-state index < -0.39 is 11.2 Å². The number of H-pyrrole nitrogens is 2. The fourth-order valence-electron chi connectivity index (χ4n) is 10.7. The molecule has 12 rings (SSSR count). The average molecular weight is 1100 g/mol. The van der Waals surface area contributed by atoms with Crippen LogP contribution in [0.3, 0.4) is 0 Å². The van der Waals surface area contributed by atoms with Gasteiger partial charge in [0.1, 0.15) is 33.5 Å². The Kier molecular flexibility index (Phi) is 15.6. The standard InChI is InChI=1S/C27H33N9O3.C14H15N5O.C13H19ClN4O2/c1-27(2,3)39-26(38)35-14-12-34(13-15-35)21-9-8-20(32-33-21)30-25-29-16-19-18-10-11-28-24(37)22(18)36(23(19)31-25)17-6-4-5-7-17;15-14-17-7-10-9-5-6-16-13(20)11(9)19(12(10)18-14)8-3-1-2-4-8;1-13(2,3)20-12(19)18-8-6-17(7-9-18)11-5-4-10(14)15-16-11/h8-11,16-17H,4-7,12-15H2,1-3H3,(H,28,37)(H,29,30,31,32);5-8H,1-4H2,(H,16,20)(H2,15,17,18);4-5H,6-9H2,1-3H3. The Labute approximate surface area is 460 Å². The summed E-state index contributed by atoms with van der Waals surface area (Å²) in [6.07, 6.45) is 15.1. The molecule has 0 bridgehead atoms. The first-order valence-electron chi connectivity index (χ1n) is 27.0. The Bertz CT molecular complexity index is 3580. The summed E-state index contributed by atoms with van der Waals surface area (Å²) >= 11 is 5.72. The van der Waals surface area contributed by atoms with E-state index in [1.165, 1.54) is 12.8 Å². The highest BCUT2D eigenvalue weighted by Gasteiger charge is 2.30. The molecule has 0 aromatic carbocycles. The van der Waals surface area contributed by atoms with Crippen molar-refractivity contribution in [2.45, 2.75) is 116 Å². The third kappa shape index (κ3) is 12.3. The molecule has 0 atom stereocenters. The first-order valence-corrected chi connectivity index (χ1v) is 27.3. The number of piperazine rings is 2. The van der Waals surface area contributed by atoms with Gasteiger partial charge in [0.15, 0.2) is 22.6 Å². The van der Waals surface area contributed by atoms with Crippen LogP contribution in [-0.2, 0) is 9.47 Å². The number of fused-ring (bicyclic) bond motifs is 6. The Morgan fingerprint density at radius 2 is 1.05 bits per heavy atom. The number of aromatic amines is 2. The van der Waals surface area contributed by atoms with Crippen LogP contribution in [0, 0.1) is 0 Å². The Morgan fingerprint density at radius 3 is 1.49 bits per heavy atom. The highest BCUT2D eigenvalue weighted by molar-refractivity contribution is 6.29. The van der Waals surface area contributed by atoms with Crippen molar-refractivity contribution in [3.63, 3.8) is 0 Å². The van der Waals surface area contributed by atoms with Crippen molar-refractivity contribution in [1.82, 2.24) is 69.2 Å². The second-order valence-corrected chi connectivity index (χ2v) is 22.6. The van der Waals surface area contributed by atoms with Gasteiger partial charge in [0, 0.05) is 111 Å². The highest BCUT2D eigenvalue weighted by Crippen LogP contribution is 2.38. The number of carbonyl (C=O) groups excluding carboxylic acids is 2. The molecule has 0 spiro atoms. The van der Waals surface area contributed by atoms with E-state index in [9.17, 15) is 19.2 Å². The topological polar surface area (TPSA) is 282 Å². The van der Waals surface area contributed by atoms with Gasteiger partial charge in [-0.2, -0.15) is 9.97 Å². The first kappa shape index (κ1) is 54.2. The van der Waals surface area contributed by atoms with Crippen molar-refractivity contribution < 1.29 is 19.1 Å². The van der Waals surface area contributed by atoms with Gasteiger partial charge in [-0.3, -0.25) is 9.59 Å². The summed E-state index contributed by atoms with van der Waals surface area (Å²) in [5.41, 5.74) is 7.43. The number of hydrogen-bond acceptors (Lipinski definition) is 18. The fraction of sp³-hybridized carbons (Fsp3) is 0.481. The van der Waals surface area contributed by atoms with Gasteiger partial charge in [-0.05, 0) is 104 Å². The molecule has 0 radical (unpaired) electrons. The van der Waals surface area contributed by atoms with Crippen LogP contribution in [0.4, 0.5) is 38.9 Å². The largest absolute Gasteiger partial charge is 0.444 e. The summed E-state index contributed by atoms with van der Waals surface area (Å²) in [6, 6.07) is 11.7. The lowest BCUT2D eigenvalue weighted by Crippen LogP contribution is -2.50. The molecular weight excluding hydrogens is 1030 g/mol. The van der Waals surface area contributed by atoms with Crippen molar-refractivity contribution in [2.75, 3.05) is 73.2 Å². The van der Waals surface area contributed by atoms with Gasteiger partial charge in [0.05, 0.1) is 0 Å². The molecule has 2 aliphatic carbocycles. The van der Waals surface area contributed by atoms with Gasteiger partial charge in [-0.15, -0.1) is 20.4 Å². The number of nitrogens with zero attached hydrogens (tertiary/aromatic N) is 14. The van der Waals surface area contributed by atoms with Gasteiger partial charge in [-0.1, -0.05) is 37.3 Å². The number of carbonyl (C=O) groups is 2. The lowest BCUT2D eigenvalue weighted by molar-refractivity contribution is 0.0230. The molecule has 25 heteroatoms. The maximum Gasteiger partial charge on any atom is 0.410 e. The van der Waals surface area contributed by atoms with E-state index in [2.05, 4.69) is 69.6 Å². The highest BCUT2D eigenvalue weighted by atomic mass is 35.5. The zero-order chi connectivity index (χ0) is 55.6. The predicted octanol–water partition coefficient (Wildman–Crippen LogP) is 8.14. The molecule has 416 valence electrons. The number of nitrogen functional groups attached to an aromatic ring is 1. The molecule has 10 heterocycles. The van der Waals surface area contributed by atoms with Gasteiger partial charge in [0.2, 0.25) is 11.9 Å². The zero-order valence-electron chi connectivity index (χ0n) is 45.4. The van der Waals surface area contributed by atoms with Crippen molar-refractivity contribution in [2.24, 2.45) is 0 Å². The fourth-order valence-corrected chi connectivity index (χ4v) is 10.8. The van der Waals surface area contributed by atoms with Gasteiger partial charge < -0.3 is 59.2 Å². The number of nitrogens with two attached hydrogens (primary N) is 1. The average Bonchev–Trinajstić information content (AvgIpc) is 4.39. The van der Waals surface area contributed by atoms with E-state index in [0.29, 0.717) is 86.4 Å². The number of anilines is 5. The van der Waals surface area contributed by atoms with E-state index in [1.54, 1.807) is 40.7 Å². The maximum atomic E-state index is 12.8. The zero-order valence-corrected chi connectivity index (χ0v) is 46.2. The molecule has 2 amide bonds. The quantitative estimate of drug-likeness (QED) is 0.122. The van der Waals surface area contributed by atoms with Crippen LogP contribution in [0.5, 0.6) is 0 Å². The second kappa shape index (κ2) is 22.7. The summed E-state index contributed by atoms with van der Waals surface area (Å²) in [7, 11) is 0. The Hall–Kier alpha value is -8.15. The first-order chi connectivity index (χ1) is 37.9. The van der Waals surface area contributed by atoms with E-state index >= 15 is 0 Å². The SMILES string of the molecule is CC(C)(C)OC(=O)N1CCN(c2ccc(Cl)nn2)CC1.CC(C)(C)OC(=O)N1CCN(c2ccc(Nc3ncc4c5cc[nH]c(=O)c5n(C5CCCC5)c4n3)nn2)CC1.Nc1ncc2c3cc[nH]c(=O)c3n(C3CCCC3)c2n1. The van der Waals surface area contributed by atoms with Crippen LogP contribution >= 0.6 is 11.6 Å². The number of halogens is 1. The molecule has 8 aromatic rings. The van der Waals surface area contributed by atoms with Gasteiger partial charge >= 0.3 is 12.2 Å². The van der Waals surface area contributed by atoms with E-state index in [4.69, 9.17) is 31.8 Å². The number of nitrogens with one attached hydrogen (secondary N) is 3. The molecular formula is C54H67ClN18O6. The number of ether oxygens (including phenoxy) is 2. The minimum Gasteiger partial charge on any atom is -0.444 e. The number of aromatic nitrogens is 12. The summed E-state index contributed by atoms with van der Waals surface area (Å²) in [4.78, 5) is 80.3. The number of pyridine rings is 2. The molecule has 2 saturated heterocycles. The lowest BCUT2D eigenvalue weighted by Gasteiger charge is -2.35. The molecule has 0 unspecified atom stereocenters. The van der Waals surface area contributed by atoms with Crippen molar-refractivity contribution >= 4 is 97.0 Å². The minimum atomic E-state index is -0.512. The molecule has 2 aliphatic heterocycles. The van der Waals surface area contributed by atoms with Gasteiger partial charge in [-0.25, -0.2) is 19.6 Å². The third-order valence-corrected chi connectivity index (χ3v) is 14.5. The van der Waals surface area contributed by atoms with E-state index in [1.807, 2.05) is 71.9 Å². The monoisotopic (exact) mass is 1100 g/mol. The molecule has 5 N–H and O–H groups in total. The van der Waals surface area contributed by atoms with Gasteiger partial charge in [0.25, 0.3) is 11.1 Å². The Morgan fingerprint density at radius 1 is 0.595 bits per heavy atom. The van der Waals surface area contributed by atoms with E-state index in [-0.39, 0.29) is 35.3 Å². The van der Waals surface area contributed by atoms with Crippen LogP contribution in [0.25, 0.3) is 43.9 Å². The van der Waals surface area contributed by atoms with Crippen LogP contribution in [0.15, 0.2) is 70.8 Å². The van der Waals surface area contributed by atoms with Crippen LogP contribution in [-0.4, -0.2) is 145 Å².